The molecule has 1 aromatic rings. The Morgan fingerprint density at radius 1 is 0.895 bits per heavy atom. The highest BCUT2D eigenvalue weighted by Crippen LogP contribution is 2.29. The van der Waals surface area contributed by atoms with Crippen LogP contribution in [0.15, 0.2) is 30.3 Å². The fourth-order valence-electron chi connectivity index (χ4n) is 0.534. The number of alkyl halides is 9. The lowest BCUT2D eigenvalue weighted by Crippen LogP contribution is -1.81. The molecule has 0 aliphatic rings. The quantitative estimate of drug-likeness (QED) is 0.352. The molecular formula is C10H11Cl9. The van der Waals surface area contributed by atoms with Crippen LogP contribution in [0.5, 0.6) is 0 Å². The minimum absolute atomic E-state index is 0.194. The second-order valence-corrected chi connectivity index (χ2v) is 8.65. The largest absolute Gasteiger partial charge is 0.266 e. The fourth-order valence-corrected chi connectivity index (χ4v) is 0.534. The van der Waals surface area contributed by atoms with E-state index >= 15 is 0 Å². The second kappa shape index (κ2) is 17.9. The predicted molar refractivity (Wildman–Crippen MR) is 95.2 cm³/mol. The summed E-state index contributed by atoms with van der Waals surface area (Å²) in [5.74, 6) is 0. The van der Waals surface area contributed by atoms with E-state index in [0.717, 1.165) is 0 Å². The Hall–Kier alpha value is 1.83. The highest BCUT2D eigenvalue weighted by molar-refractivity contribution is 6.83. The van der Waals surface area contributed by atoms with Gasteiger partial charge in [0.05, 0.1) is 5.34 Å². The smallest absolute Gasteiger partial charge is 0.109 e. The Kier molecular flexibility index (Phi) is 24.2. The van der Waals surface area contributed by atoms with E-state index in [9.17, 15) is 0 Å². The van der Waals surface area contributed by atoms with E-state index in [-0.39, 0.29) is 5.34 Å². The Morgan fingerprint density at radius 3 is 1.21 bits per heavy atom. The van der Waals surface area contributed by atoms with Crippen LogP contribution in [0, 0.1) is 6.92 Å². The van der Waals surface area contributed by atoms with E-state index in [0.29, 0.717) is 0 Å². The first-order chi connectivity index (χ1) is 8.54. The van der Waals surface area contributed by atoms with Gasteiger partial charge < -0.3 is 0 Å². The number of halogens is 9. The van der Waals surface area contributed by atoms with Crippen LogP contribution in [0.25, 0.3) is 0 Å². The zero-order valence-electron chi connectivity index (χ0n) is 9.57. The second-order valence-electron chi connectivity index (χ2n) is 2.43. The molecule has 0 radical (unpaired) electrons. The predicted octanol–water partition coefficient (Wildman–Crippen LogP) is 7.96. The molecule has 0 nitrogen and oxygen atoms in total. The van der Waals surface area contributed by atoms with E-state index in [1.807, 2.05) is 18.2 Å². The molecular weight excluding hydrogens is 439 g/mol. The summed E-state index contributed by atoms with van der Waals surface area (Å²) in [6, 6.07) is 10.3. The average molecular weight is 450 g/mol. The maximum Gasteiger partial charge on any atom is 0.266 e. The van der Waals surface area contributed by atoms with Gasteiger partial charge in [-0.05, 0) is 6.92 Å². The number of aryl methyl sites for hydroxylation is 1. The SMILES string of the molecule is Cc1ccccc1.ClC(Cl)(Cl)Cl.ClC(Cl)Cl.ClCCl. The van der Waals surface area contributed by atoms with Crippen LogP contribution < -0.4 is 0 Å². The van der Waals surface area contributed by atoms with E-state index in [4.69, 9.17) is 104 Å². The average Bonchev–Trinajstić information content (AvgIpc) is 2.16. The van der Waals surface area contributed by atoms with Crippen molar-refractivity contribution in [1.29, 1.82) is 0 Å². The molecule has 0 aromatic heterocycles. The molecule has 0 N–H and O–H groups in total. The zero-order chi connectivity index (χ0) is 15.9. The summed E-state index contributed by atoms with van der Waals surface area (Å²) in [4.78, 5) is 0. The van der Waals surface area contributed by atoms with Crippen molar-refractivity contribution in [2.45, 2.75) is 14.5 Å². The Labute approximate surface area is 159 Å². The summed E-state index contributed by atoms with van der Waals surface area (Å²) in [7, 11) is 0. The lowest BCUT2D eigenvalue weighted by atomic mass is 10.2. The highest BCUT2D eigenvalue weighted by Gasteiger charge is 2.11. The molecule has 0 aliphatic carbocycles. The van der Waals surface area contributed by atoms with Crippen LogP contribution in [-0.2, 0) is 0 Å². The van der Waals surface area contributed by atoms with Gasteiger partial charge in [-0.2, -0.15) is 0 Å². The standard InChI is InChI=1S/C7H8.CCl4.CHCl3.CH2Cl2/c1-7-5-3-2-4-6-7;2-1(3,4)5;2-1(3)4;2-1-3/h2-6H,1H3;;1H;1H2. The maximum absolute atomic E-state index is 4.83. The molecule has 0 atom stereocenters. The summed E-state index contributed by atoms with van der Waals surface area (Å²) in [5.41, 5.74) is 1.32. The van der Waals surface area contributed by atoms with Crippen molar-refractivity contribution in [2.24, 2.45) is 0 Å². The van der Waals surface area contributed by atoms with Gasteiger partial charge in [-0.15, -0.1) is 23.2 Å². The first-order valence-electron chi connectivity index (χ1n) is 4.36. The van der Waals surface area contributed by atoms with Gasteiger partial charge in [0.25, 0.3) is 3.25 Å². The minimum atomic E-state index is -1.61. The van der Waals surface area contributed by atoms with E-state index < -0.39 is 7.55 Å². The van der Waals surface area contributed by atoms with E-state index in [2.05, 4.69) is 19.1 Å². The van der Waals surface area contributed by atoms with Crippen molar-refractivity contribution in [3.8, 4) is 0 Å². The maximum atomic E-state index is 4.83. The number of hydrogen-bond acceptors (Lipinski definition) is 0. The Morgan fingerprint density at radius 2 is 1.11 bits per heavy atom. The van der Waals surface area contributed by atoms with Crippen LogP contribution in [0.3, 0.4) is 0 Å². The van der Waals surface area contributed by atoms with Crippen molar-refractivity contribution < 1.29 is 0 Å². The Balaban J connectivity index is -0.000000191. The normalized spacial score (nSPS) is 9.21. The molecule has 1 rings (SSSR count). The number of hydrogen-bond donors (Lipinski definition) is 0. The van der Waals surface area contributed by atoms with Crippen LogP contribution in [-0.4, -0.2) is 12.9 Å². The third kappa shape index (κ3) is 65.2. The molecule has 19 heavy (non-hydrogen) atoms. The minimum Gasteiger partial charge on any atom is -0.109 e. The van der Waals surface area contributed by atoms with Crippen molar-refractivity contribution in [1.82, 2.24) is 0 Å². The molecule has 1 aromatic carbocycles. The van der Waals surface area contributed by atoms with Gasteiger partial charge in [0, 0.05) is 0 Å². The Bertz CT molecular complexity index is 249. The van der Waals surface area contributed by atoms with Crippen LogP contribution in [0.1, 0.15) is 5.56 Å². The van der Waals surface area contributed by atoms with Gasteiger partial charge in [-0.1, -0.05) is 117 Å². The highest BCUT2D eigenvalue weighted by atomic mass is 35.6. The van der Waals surface area contributed by atoms with Crippen molar-refractivity contribution in [2.75, 3.05) is 5.34 Å². The molecule has 0 spiro atoms. The first kappa shape index (κ1) is 25.8. The third-order valence-corrected chi connectivity index (χ3v) is 0.940. The molecule has 0 saturated heterocycles. The summed E-state index contributed by atoms with van der Waals surface area (Å²) in [6.07, 6.45) is 0. The van der Waals surface area contributed by atoms with Gasteiger partial charge in [0.1, 0.15) is 0 Å². The molecule has 0 fully saturated rings. The van der Waals surface area contributed by atoms with Crippen LogP contribution in [0.4, 0.5) is 0 Å². The summed E-state index contributed by atoms with van der Waals surface area (Å²) in [5, 5.41) is 0.194. The summed E-state index contributed by atoms with van der Waals surface area (Å²) in [6.45, 7) is 2.08. The van der Waals surface area contributed by atoms with Gasteiger partial charge >= 0.3 is 0 Å². The van der Waals surface area contributed by atoms with E-state index in [1.165, 1.54) is 5.56 Å². The molecule has 0 saturated carbocycles. The van der Waals surface area contributed by atoms with Crippen LogP contribution >= 0.6 is 104 Å². The monoisotopic (exact) mass is 446 g/mol. The third-order valence-electron chi connectivity index (χ3n) is 0.940. The van der Waals surface area contributed by atoms with Crippen molar-refractivity contribution >= 4 is 104 Å². The molecule has 0 unspecified atom stereocenters. The number of benzene rings is 1. The fraction of sp³-hybridized carbons (Fsp3) is 0.400. The molecule has 0 heterocycles. The lowest BCUT2D eigenvalue weighted by Gasteiger charge is -1.91. The molecule has 0 bridgehead atoms. The van der Waals surface area contributed by atoms with Gasteiger partial charge in [-0.3, -0.25) is 0 Å². The first-order valence-corrected chi connectivity index (χ1v) is 8.25. The van der Waals surface area contributed by atoms with Gasteiger partial charge in [0.2, 0.25) is 0 Å². The lowest BCUT2D eigenvalue weighted by molar-refractivity contribution is 1.48. The van der Waals surface area contributed by atoms with Crippen molar-refractivity contribution in [3.63, 3.8) is 0 Å². The van der Waals surface area contributed by atoms with E-state index in [1.54, 1.807) is 0 Å². The topological polar surface area (TPSA) is 0 Å². The molecule has 0 amide bonds. The number of rotatable bonds is 0. The summed E-state index contributed by atoms with van der Waals surface area (Å²) < 4.78 is -2.36. The van der Waals surface area contributed by atoms with Crippen LogP contribution in [0.2, 0.25) is 0 Å². The molecule has 9 heteroatoms. The van der Waals surface area contributed by atoms with Crippen molar-refractivity contribution in [3.05, 3.63) is 35.9 Å². The van der Waals surface area contributed by atoms with Gasteiger partial charge in [-0.25, -0.2) is 0 Å². The molecule has 0 aliphatic heterocycles. The zero-order valence-corrected chi connectivity index (χ0v) is 16.4. The summed E-state index contributed by atoms with van der Waals surface area (Å²) >= 11 is 43.2. The van der Waals surface area contributed by atoms with Gasteiger partial charge in [0.15, 0.2) is 4.30 Å². The molecule has 114 valence electrons.